The third-order valence-corrected chi connectivity index (χ3v) is 7.36. The number of aromatic nitrogens is 1. The van der Waals surface area contributed by atoms with Crippen LogP contribution in [0.3, 0.4) is 0 Å². The van der Waals surface area contributed by atoms with Crippen LogP contribution in [0, 0.1) is 5.82 Å². The van der Waals surface area contributed by atoms with E-state index < -0.39 is 33.3 Å². The lowest BCUT2D eigenvalue weighted by atomic mass is 10.1. The number of carbonyl (C=O) groups excluding carboxylic acids is 1. The number of aromatic hydroxyl groups is 1. The number of rotatable bonds is 4. The summed E-state index contributed by atoms with van der Waals surface area (Å²) in [6, 6.07) is 10.8. The second-order valence-corrected chi connectivity index (χ2v) is 9.82. The number of sulfonamides is 1. The maximum Gasteiger partial charge on any atom is 0.333 e. The zero-order valence-electron chi connectivity index (χ0n) is 15.9. The third kappa shape index (κ3) is 4.17. The Morgan fingerprint density at radius 1 is 1.12 bits per heavy atom. The molecule has 0 fully saturated rings. The zero-order valence-corrected chi connectivity index (χ0v) is 18.3. The SMILES string of the molecule is O=C(Nc1ccc(-n2c(O)c3cc(Cl)ccc3cc2=O)c(F)c1)NS(=O)(=O)c1cccs1. The molecule has 0 aliphatic rings. The number of nitrogens with zero attached hydrogens (tertiary/aromatic N) is 1. The van der Waals surface area contributed by atoms with E-state index in [1.54, 1.807) is 17.5 Å². The fraction of sp³-hybridized carbons (Fsp3) is 0. The molecule has 164 valence electrons. The van der Waals surface area contributed by atoms with E-state index in [2.05, 4.69) is 5.32 Å². The van der Waals surface area contributed by atoms with E-state index in [1.165, 1.54) is 30.3 Å². The van der Waals surface area contributed by atoms with E-state index in [1.807, 2.05) is 4.72 Å². The molecule has 0 bridgehead atoms. The number of nitrogens with one attached hydrogen (secondary N) is 2. The van der Waals surface area contributed by atoms with Crippen molar-refractivity contribution in [2.75, 3.05) is 5.32 Å². The minimum Gasteiger partial charge on any atom is -0.494 e. The van der Waals surface area contributed by atoms with Gasteiger partial charge >= 0.3 is 6.03 Å². The van der Waals surface area contributed by atoms with E-state index in [0.29, 0.717) is 10.4 Å². The summed E-state index contributed by atoms with van der Waals surface area (Å²) in [6.07, 6.45) is 0. The van der Waals surface area contributed by atoms with Crippen LogP contribution >= 0.6 is 22.9 Å². The number of pyridine rings is 1. The highest BCUT2D eigenvalue weighted by atomic mass is 35.5. The summed E-state index contributed by atoms with van der Waals surface area (Å²) in [5.74, 6) is -1.45. The predicted octanol–water partition coefficient (Wildman–Crippen LogP) is 4.06. The van der Waals surface area contributed by atoms with Gasteiger partial charge < -0.3 is 10.4 Å². The molecule has 12 heteroatoms. The van der Waals surface area contributed by atoms with Crippen molar-refractivity contribution in [3.8, 4) is 11.6 Å². The van der Waals surface area contributed by atoms with Crippen LogP contribution in [-0.2, 0) is 10.0 Å². The Balaban J connectivity index is 1.63. The molecule has 2 amide bonds. The molecule has 0 saturated heterocycles. The van der Waals surface area contributed by atoms with Crippen molar-refractivity contribution in [1.29, 1.82) is 0 Å². The molecule has 0 saturated carbocycles. The molecule has 3 N–H and O–H groups in total. The van der Waals surface area contributed by atoms with Gasteiger partial charge in [-0.25, -0.2) is 26.9 Å². The summed E-state index contributed by atoms with van der Waals surface area (Å²) in [5, 5.41) is 15.3. The minimum absolute atomic E-state index is 0.0552. The van der Waals surface area contributed by atoms with Crippen molar-refractivity contribution in [2.24, 2.45) is 0 Å². The smallest absolute Gasteiger partial charge is 0.333 e. The van der Waals surface area contributed by atoms with Crippen molar-refractivity contribution in [2.45, 2.75) is 4.21 Å². The van der Waals surface area contributed by atoms with E-state index in [-0.39, 0.29) is 21.0 Å². The molecule has 0 radical (unpaired) electrons. The monoisotopic (exact) mass is 493 g/mol. The Bertz CT molecular complexity index is 1520. The third-order valence-electron chi connectivity index (χ3n) is 4.40. The molecule has 0 unspecified atom stereocenters. The van der Waals surface area contributed by atoms with Crippen molar-refractivity contribution < 1.29 is 22.7 Å². The van der Waals surface area contributed by atoms with Crippen molar-refractivity contribution in [3.05, 3.63) is 81.2 Å². The van der Waals surface area contributed by atoms with E-state index in [0.717, 1.165) is 28.0 Å². The van der Waals surface area contributed by atoms with Gasteiger partial charge in [0.1, 0.15) is 10.0 Å². The molecule has 32 heavy (non-hydrogen) atoms. The zero-order chi connectivity index (χ0) is 23.0. The Hall–Kier alpha value is -3.41. The van der Waals surface area contributed by atoms with Crippen LogP contribution in [0.25, 0.3) is 16.5 Å². The van der Waals surface area contributed by atoms with Crippen molar-refractivity contribution >= 4 is 55.5 Å². The first-order chi connectivity index (χ1) is 15.2. The summed E-state index contributed by atoms with van der Waals surface area (Å²) in [7, 11) is -4.06. The molecule has 0 atom stereocenters. The normalized spacial score (nSPS) is 11.4. The second kappa shape index (κ2) is 8.26. The average molecular weight is 494 g/mol. The van der Waals surface area contributed by atoms with Gasteiger partial charge in [0, 0.05) is 22.2 Å². The lowest BCUT2D eigenvalue weighted by Gasteiger charge is -2.13. The molecule has 0 spiro atoms. The van der Waals surface area contributed by atoms with Gasteiger partial charge in [0.2, 0.25) is 5.88 Å². The fourth-order valence-corrected chi connectivity index (χ4v) is 5.09. The fourth-order valence-electron chi connectivity index (χ4n) is 3.01. The Morgan fingerprint density at radius 2 is 1.91 bits per heavy atom. The number of thiophene rings is 1. The number of anilines is 1. The highest BCUT2D eigenvalue weighted by molar-refractivity contribution is 7.92. The summed E-state index contributed by atoms with van der Waals surface area (Å²) in [5.41, 5.74) is -1.02. The quantitative estimate of drug-likeness (QED) is 0.396. The van der Waals surface area contributed by atoms with Gasteiger partial charge in [0.05, 0.1) is 5.69 Å². The largest absolute Gasteiger partial charge is 0.494 e. The first kappa shape index (κ1) is 21.8. The van der Waals surface area contributed by atoms with E-state index in [4.69, 9.17) is 11.6 Å². The van der Waals surface area contributed by atoms with Crippen LogP contribution in [0.4, 0.5) is 14.9 Å². The molecule has 2 aromatic heterocycles. The molecule has 0 aliphatic heterocycles. The summed E-state index contributed by atoms with van der Waals surface area (Å²) in [4.78, 5) is 24.5. The van der Waals surface area contributed by atoms with E-state index >= 15 is 0 Å². The Labute approximate surface area is 189 Å². The highest BCUT2D eigenvalue weighted by Crippen LogP contribution is 2.29. The first-order valence-corrected chi connectivity index (χ1v) is 11.6. The molecule has 4 aromatic rings. The van der Waals surface area contributed by atoms with Crippen LogP contribution < -0.4 is 15.6 Å². The molecule has 4 rings (SSSR count). The van der Waals surface area contributed by atoms with Gasteiger partial charge in [-0.1, -0.05) is 23.7 Å². The van der Waals surface area contributed by atoms with Gasteiger partial charge in [0.15, 0.2) is 0 Å². The number of hydrogen-bond donors (Lipinski definition) is 3. The molecule has 2 aromatic carbocycles. The van der Waals surface area contributed by atoms with Crippen LogP contribution in [0.2, 0.25) is 5.02 Å². The van der Waals surface area contributed by atoms with Gasteiger partial charge in [-0.05, 0) is 47.2 Å². The maximum absolute atomic E-state index is 14.8. The number of hydrogen-bond acceptors (Lipinski definition) is 6. The standard InChI is InChI=1S/C20H13ClFN3O5S2/c21-12-4-3-11-8-17(26)25(19(27)14(11)9-12)16-6-5-13(10-15(16)22)23-20(28)24-32(29,30)18-2-1-7-31-18/h1-10,27H,(H2,23,24,28). The van der Waals surface area contributed by atoms with Gasteiger partial charge in [-0.2, -0.15) is 0 Å². The minimum atomic E-state index is -4.06. The van der Waals surface area contributed by atoms with Gasteiger partial charge in [-0.3, -0.25) is 4.79 Å². The molecule has 8 nitrogen and oxygen atoms in total. The lowest BCUT2D eigenvalue weighted by Crippen LogP contribution is -2.34. The van der Waals surface area contributed by atoms with E-state index in [9.17, 15) is 27.5 Å². The number of fused-ring (bicyclic) bond motifs is 1. The summed E-state index contributed by atoms with van der Waals surface area (Å²) in [6.45, 7) is 0. The summed E-state index contributed by atoms with van der Waals surface area (Å²) < 4.78 is 41.5. The van der Waals surface area contributed by atoms with Crippen molar-refractivity contribution in [1.82, 2.24) is 9.29 Å². The molecule has 0 aliphatic carbocycles. The number of benzene rings is 2. The number of urea groups is 1. The maximum atomic E-state index is 14.8. The molecular weight excluding hydrogens is 481 g/mol. The first-order valence-electron chi connectivity index (χ1n) is 8.87. The van der Waals surface area contributed by atoms with Crippen LogP contribution in [0.5, 0.6) is 5.88 Å². The Kier molecular flexibility index (Phi) is 5.63. The second-order valence-electron chi connectivity index (χ2n) is 6.53. The van der Waals surface area contributed by atoms with Gasteiger partial charge in [-0.15, -0.1) is 11.3 Å². The van der Waals surface area contributed by atoms with Crippen LogP contribution in [-0.4, -0.2) is 24.1 Å². The predicted molar refractivity (Wildman–Crippen MR) is 120 cm³/mol. The van der Waals surface area contributed by atoms with Crippen LogP contribution in [0.1, 0.15) is 0 Å². The number of amides is 2. The average Bonchev–Trinajstić information content (AvgIpc) is 3.26. The highest BCUT2D eigenvalue weighted by Gasteiger charge is 2.19. The Morgan fingerprint density at radius 3 is 2.59 bits per heavy atom. The molecule has 2 heterocycles. The number of halogens is 2. The summed E-state index contributed by atoms with van der Waals surface area (Å²) >= 11 is 6.88. The topological polar surface area (TPSA) is 118 Å². The van der Waals surface area contributed by atoms with Gasteiger partial charge in [0.25, 0.3) is 15.6 Å². The van der Waals surface area contributed by atoms with Crippen LogP contribution in [0.15, 0.2) is 69.0 Å². The van der Waals surface area contributed by atoms with Crippen molar-refractivity contribution in [3.63, 3.8) is 0 Å². The number of carbonyl (C=O) groups is 1. The molecular formula is C20H13ClFN3O5S2. The lowest BCUT2D eigenvalue weighted by molar-refractivity contribution is 0.256.